The van der Waals surface area contributed by atoms with E-state index in [1.807, 2.05) is 4.90 Å². The van der Waals surface area contributed by atoms with Gasteiger partial charge in [-0.05, 0) is 25.2 Å². The van der Waals surface area contributed by atoms with Gasteiger partial charge < -0.3 is 18.6 Å². The fourth-order valence-corrected chi connectivity index (χ4v) is 3.99. The van der Waals surface area contributed by atoms with E-state index in [1.54, 1.807) is 0 Å². The van der Waals surface area contributed by atoms with Gasteiger partial charge in [-0.3, -0.25) is 4.79 Å². The van der Waals surface area contributed by atoms with Crippen LogP contribution in [0.25, 0.3) is 0 Å². The molecule has 0 N–H and O–H groups in total. The molecule has 3 atom stereocenters. The Hall–Kier alpha value is -2.22. The summed E-state index contributed by atoms with van der Waals surface area (Å²) in [4.78, 5) is 14.3. The fourth-order valence-electron chi connectivity index (χ4n) is 3.99. The molecule has 1 aliphatic carbocycles. The minimum atomic E-state index is -0.0193. The summed E-state index contributed by atoms with van der Waals surface area (Å²) < 4.78 is 16.6. The average molecular weight is 344 g/mol. The molecule has 2 aromatic rings. The lowest BCUT2D eigenvalue weighted by Gasteiger charge is -2.35. The molecule has 1 amide bonds. The second kappa shape index (κ2) is 5.94. The minimum Gasteiger partial charge on any atom is -0.425 e. The Labute approximate surface area is 144 Å². The van der Waals surface area contributed by atoms with Gasteiger partial charge in [0.1, 0.15) is 6.26 Å². The van der Waals surface area contributed by atoms with Gasteiger partial charge in [0.2, 0.25) is 11.8 Å². The predicted molar refractivity (Wildman–Crippen MR) is 83.7 cm³/mol. The summed E-state index contributed by atoms with van der Waals surface area (Å²) in [6.07, 6.45) is 6.87. The summed E-state index contributed by atoms with van der Waals surface area (Å²) >= 11 is 0. The van der Waals surface area contributed by atoms with Crippen LogP contribution in [0.2, 0.25) is 0 Å². The number of carbonyl (C=O) groups excluding carboxylic acids is 1. The number of amides is 1. The van der Waals surface area contributed by atoms with Crippen molar-refractivity contribution in [1.29, 1.82) is 0 Å². The maximum absolute atomic E-state index is 12.4. The van der Waals surface area contributed by atoms with Crippen LogP contribution >= 0.6 is 0 Å². The third-order valence-electron chi connectivity index (χ3n) is 5.55. The number of rotatable bonds is 4. The number of nitrogens with zero attached hydrogens (tertiary/aromatic N) is 4. The molecule has 2 aromatic heterocycles. The first-order valence-electron chi connectivity index (χ1n) is 8.90. The predicted octanol–water partition coefficient (Wildman–Crippen LogP) is 1.65. The second-order valence-electron chi connectivity index (χ2n) is 7.26. The lowest BCUT2D eigenvalue weighted by Crippen LogP contribution is -2.44. The lowest BCUT2D eigenvalue weighted by molar-refractivity contribution is 0.0603. The molecule has 0 radical (unpaired) electrons. The zero-order valence-electron chi connectivity index (χ0n) is 13.8. The van der Waals surface area contributed by atoms with Crippen LogP contribution in [0, 0.1) is 11.8 Å². The van der Waals surface area contributed by atoms with Crippen molar-refractivity contribution in [3.63, 3.8) is 0 Å². The quantitative estimate of drug-likeness (QED) is 0.832. The summed E-state index contributed by atoms with van der Waals surface area (Å²) in [5.74, 6) is 2.70. The van der Waals surface area contributed by atoms with Gasteiger partial charge in [0, 0.05) is 24.9 Å². The van der Waals surface area contributed by atoms with Gasteiger partial charge in [0.15, 0.2) is 0 Å². The maximum Gasteiger partial charge on any atom is 0.258 e. The molecule has 3 aliphatic rings. The highest BCUT2D eigenvalue weighted by atomic mass is 16.5. The number of hydrogen-bond donors (Lipinski definition) is 0. The summed E-state index contributed by atoms with van der Waals surface area (Å²) in [5.41, 5.74) is 0.507. The van der Waals surface area contributed by atoms with E-state index in [-0.39, 0.29) is 12.0 Å². The molecule has 5 rings (SSSR count). The normalized spacial score (nSPS) is 29.0. The van der Waals surface area contributed by atoms with Crippen molar-refractivity contribution in [2.24, 2.45) is 11.8 Å². The van der Waals surface area contributed by atoms with Gasteiger partial charge in [0.25, 0.3) is 5.91 Å². The van der Waals surface area contributed by atoms with Crippen molar-refractivity contribution in [2.75, 3.05) is 19.7 Å². The highest BCUT2D eigenvalue weighted by Gasteiger charge is 2.42. The number of ether oxygens (including phenoxy) is 1. The molecule has 0 spiro atoms. The molecule has 0 bridgehead atoms. The Bertz CT molecular complexity index is 755. The molecule has 4 heterocycles. The average Bonchev–Trinajstić information content (AvgIpc) is 3.05. The summed E-state index contributed by atoms with van der Waals surface area (Å²) in [6.45, 7) is 2.11. The Morgan fingerprint density at radius 3 is 3.00 bits per heavy atom. The third-order valence-corrected chi connectivity index (χ3v) is 5.55. The fraction of sp³-hybridized carbons (Fsp3) is 0.647. The number of likely N-dealkylation sites (tertiary alicyclic amines) is 1. The monoisotopic (exact) mass is 344 g/mol. The highest BCUT2D eigenvalue weighted by Crippen LogP contribution is 2.40. The zero-order valence-corrected chi connectivity index (χ0v) is 13.8. The van der Waals surface area contributed by atoms with Crippen LogP contribution in [-0.4, -0.2) is 52.0 Å². The topological polar surface area (TPSA) is 94.5 Å². The van der Waals surface area contributed by atoms with Gasteiger partial charge in [-0.25, -0.2) is 0 Å². The first-order valence-corrected chi connectivity index (χ1v) is 8.90. The number of piperidine rings is 1. The first kappa shape index (κ1) is 15.1. The summed E-state index contributed by atoms with van der Waals surface area (Å²) in [7, 11) is 0. The molecule has 0 aromatic carbocycles. The van der Waals surface area contributed by atoms with Crippen molar-refractivity contribution in [1.82, 2.24) is 20.3 Å². The standard InChI is InChI=1S/C17H20N4O4/c22-17(11-6-18-24-9-11)21-4-3-13-12(7-21)8-23-14(13)5-15-19-20-16(25-15)10-1-2-10/h6,9-10,12-14H,1-5,7-8H2/t12-,13-,14+/m1/s1. The van der Waals surface area contributed by atoms with Gasteiger partial charge in [-0.1, -0.05) is 5.16 Å². The number of fused-ring (bicyclic) bond motifs is 1. The molecule has 8 nitrogen and oxygen atoms in total. The van der Waals surface area contributed by atoms with Crippen molar-refractivity contribution >= 4 is 5.91 Å². The number of carbonyl (C=O) groups is 1. The van der Waals surface area contributed by atoms with E-state index in [2.05, 4.69) is 15.4 Å². The molecular weight excluding hydrogens is 324 g/mol. The highest BCUT2D eigenvalue weighted by molar-refractivity contribution is 5.93. The third kappa shape index (κ3) is 2.84. The van der Waals surface area contributed by atoms with Crippen LogP contribution in [0.1, 0.15) is 47.3 Å². The van der Waals surface area contributed by atoms with Crippen LogP contribution in [-0.2, 0) is 11.2 Å². The second-order valence-corrected chi connectivity index (χ2v) is 7.26. The molecule has 2 aliphatic heterocycles. The molecule has 132 valence electrons. The van der Waals surface area contributed by atoms with E-state index < -0.39 is 0 Å². The van der Waals surface area contributed by atoms with E-state index in [4.69, 9.17) is 13.7 Å². The van der Waals surface area contributed by atoms with Crippen LogP contribution < -0.4 is 0 Å². The summed E-state index contributed by atoms with van der Waals surface area (Å²) in [5, 5.41) is 11.9. The largest absolute Gasteiger partial charge is 0.425 e. The lowest BCUT2D eigenvalue weighted by atomic mass is 9.83. The van der Waals surface area contributed by atoms with Crippen molar-refractivity contribution in [3.05, 3.63) is 29.8 Å². The Morgan fingerprint density at radius 2 is 2.20 bits per heavy atom. The molecule has 1 saturated carbocycles. The van der Waals surface area contributed by atoms with Gasteiger partial charge >= 0.3 is 0 Å². The summed E-state index contributed by atoms with van der Waals surface area (Å²) in [6, 6.07) is 0. The van der Waals surface area contributed by atoms with E-state index in [0.29, 0.717) is 48.8 Å². The van der Waals surface area contributed by atoms with Gasteiger partial charge in [-0.15, -0.1) is 10.2 Å². The Kier molecular flexibility index (Phi) is 3.58. The zero-order chi connectivity index (χ0) is 16.8. The molecule has 2 saturated heterocycles. The molecule has 8 heteroatoms. The van der Waals surface area contributed by atoms with E-state index >= 15 is 0 Å². The molecular formula is C17H20N4O4. The van der Waals surface area contributed by atoms with Crippen LogP contribution in [0.4, 0.5) is 0 Å². The minimum absolute atomic E-state index is 0.0193. The van der Waals surface area contributed by atoms with Crippen LogP contribution in [0.5, 0.6) is 0 Å². The SMILES string of the molecule is O=C(c1cnoc1)N1CC[C@@H]2[C@@H](CO[C@H]2Cc2nnc(C3CC3)o2)C1. The first-order chi connectivity index (χ1) is 12.3. The number of aromatic nitrogens is 3. The number of hydrogen-bond acceptors (Lipinski definition) is 7. The van der Waals surface area contributed by atoms with Crippen molar-refractivity contribution < 1.29 is 18.5 Å². The van der Waals surface area contributed by atoms with Crippen molar-refractivity contribution in [3.8, 4) is 0 Å². The van der Waals surface area contributed by atoms with Gasteiger partial charge in [-0.2, -0.15) is 0 Å². The Morgan fingerprint density at radius 1 is 1.28 bits per heavy atom. The maximum atomic E-state index is 12.4. The van der Waals surface area contributed by atoms with E-state index in [9.17, 15) is 4.79 Å². The molecule has 0 unspecified atom stereocenters. The van der Waals surface area contributed by atoms with Crippen LogP contribution in [0.3, 0.4) is 0 Å². The molecule has 3 fully saturated rings. The van der Waals surface area contributed by atoms with Gasteiger partial charge in [0.05, 0.1) is 30.9 Å². The Balaban J connectivity index is 1.22. The smallest absolute Gasteiger partial charge is 0.258 e. The van der Waals surface area contributed by atoms with E-state index in [1.165, 1.54) is 12.5 Å². The van der Waals surface area contributed by atoms with Crippen molar-refractivity contribution in [2.45, 2.75) is 37.7 Å². The van der Waals surface area contributed by atoms with Crippen LogP contribution in [0.15, 0.2) is 21.4 Å². The molecule has 25 heavy (non-hydrogen) atoms. The van der Waals surface area contributed by atoms with E-state index in [0.717, 1.165) is 31.7 Å².